The Labute approximate surface area is 268 Å². The normalized spacial score (nSPS) is 13.1. The second kappa shape index (κ2) is 10.4. The maximum atomic E-state index is 8.64. The molecule has 45 heavy (non-hydrogen) atoms. The van der Waals surface area contributed by atoms with E-state index in [4.69, 9.17) is 11.3 Å². The van der Waals surface area contributed by atoms with E-state index in [1.54, 1.807) is 0 Å². The number of para-hydroxylation sites is 1. The van der Waals surface area contributed by atoms with E-state index in [2.05, 4.69) is 78.9 Å². The molecule has 210 valence electrons. The van der Waals surface area contributed by atoms with Gasteiger partial charge >= 0.3 is 0 Å². The average Bonchev–Trinajstić information content (AvgIpc) is 3.53. The molecule has 0 saturated carbocycles. The van der Waals surface area contributed by atoms with Crippen LogP contribution in [0.4, 0.5) is 0 Å². The maximum absolute atomic E-state index is 8.64. The van der Waals surface area contributed by atoms with Crippen molar-refractivity contribution in [1.82, 2.24) is 0 Å². The molecular weight excluding hydrogens is 544 g/mol. The Kier molecular flexibility index (Phi) is 4.81. The van der Waals surface area contributed by atoms with Gasteiger partial charge in [-0.1, -0.05) is 145 Å². The Morgan fingerprint density at radius 2 is 0.933 bits per heavy atom. The van der Waals surface area contributed by atoms with Crippen molar-refractivity contribution in [2.24, 2.45) is 0 Å². The largest absolute Gasteiger partial charge is 0.456 e. The van der Waals surface area contributed by atoms with Gasteiger partial charge in [-0.15, -0.1) is 0 Å². The molecule has 0 amide bonds. The highest BCUT2D eigenvalue weighted by Crippen LogP contribution is 2.48. The van der Waals surface area contributed by atoms with Crippen molar-refractivity contribution in [1.29, 1.82) is 0 Å². The summed E-state index contributed by atoms with van der Waals surface area (Å²) < 4.78 is 48.4. The van der Waals surface area contributed by atoms with Crippen LogP contribution in [0, 0.1) is 0 Å². The standard InChI is InChI=1S/C44H28O/c1-3-14-29(15-4-1)31-18-13-19-32(26-31)43-34-21-7-9-23-36(34)44(37-24-10-8-22-35(37)43)40-28-42-39(33-20-11-12-25-41(33)45-42)27-38(40)30-16-5-2-6-17-30/h1-28H/i1D,3D,4D,14D,15D. The lowest BCUT2D eigenvalue weighted by Gasteiger charge is -2.20. The number of hydrogen-bond donors (Lipinski definition) is 0. The third-order valence-electron chi connectivity index (χ3n) is 8.74. The van der Waals surface area contributed by atoms with Crippen molar-refractivity contribution in [3.05, 3.63) is 170 Å². The highest BCUT2D eigenvalue weighted by molar-refractivity contribution is 6.23. The number of hydrogen-bond acceptors (Lipinski definition) is 1. The van der Waals surface area contributed by atoms with Crippen LogP contribution in [0.15, 0.2) is 174 Å². The van der Waals surface area contributed by atoms with Crippen LogP contribution < -0.4 is 0 Å². The number of furan rings is 1. The van der Waals surface area contributed by atoms with Crippen LogP contribution in [0.25, 0.3) is 88.0 Å². The van der Waals surface area contributed by atoms with Crippen LogP contribution in [-0.4, -0.2) is 0 Å². The van der Waals surface area contributed by atoms with E-state index in [-0.39, 0.29) is 29.7 Å². The molecule has 0 atom stereocenters. The monoisotopic (exact) mass is 577 g/mol. The van der Waals surface area contributed by atoms with Crippen molar-refractivity contribution in [3.8, 4) is 44.5 Å². The van der Waals surface area contributed by atoms with Crippen LogP contribution in [0.2, 0.25) is 0 Å². The van der Waals surface area contributed by atoms with Gasteiger partial charge in [0.2, 0.25) is 0 Å². The van der Waals surface area contributed by atoms with Crippen LogP contribution in [0.1, 0.15) is 6.85 Å². The first-order valence-electron chi connectivity index (χ1n) is 17.5. The Morgan fingerprint density at radius 3 is 1.64 bits per heavy atom. The van der Waals surface area contributed by atoms with Crippen molar-refractivity contribution >= 4 is 43.5 Å². The highest BCUT2D eigenvalue weighted by Gasteiger charge is 2.21. The molecule has 0 fully saturated rings. The van der Waals surface area contributed by atoms with Gasteiger partial charge in [0.25, 0.3) is 0 Å². The topological polar surface area (TPSA) is 13.1 Å². The fourth-order valence-electron chi connectivity index (χ4n) is 6.79. The first-order chi connectivity index (χ1) is 24.4. The fraction of sp³-hybridized carbons (Fsp3) is 0. The molecule has 0 bridgehead atoms. The molecule has 9 rings (SSSR count). The lowest BCUT2D eigenvalue weighted by atomic mass is 9.83. The summed E-state index contributed by atoms with van der Waals surface area (Å²) in [5, 5.41) is 6.38. The molecule has 0 aliphatic rings. The Hall–Kier alpha value is -5.92. The van der Waals surface area contributed by atoms with Crippen molar-refractivity contribution in [2.45, 2.75) is 0 Å². The summed E-state index contributed by atoms with van der Waals surface area (Å²) in [7, 11) is 0. The molecule has 1 heteroatoms. The van der Waals surface area contributed by atoms with Gasteiger partial charge in [-0.25, -0.2) is 0 Å². The molecule has 0 unspecified atom stereocenters. The van der Waals surface area contributed by atoms with E-state index >= 15 is 0 Å². The van der Waals surface area contributed by atoms with Crippen molar-refractivity contribution in [3.63, 3.8) is 0 Å². The average molecular weight is 578 g/mol. The van der Waals surface area contributed by atoms with E-state index in [0.717, 1.165) is 76.9 Å². The third-order valence-corrected chi connectivity index (χ3v) is 8.74. The second-order valence-corrected chi connectivity index (χ2v) is 11.3. The van der Waals surface area contributed by atoms with E-state index in [9.17, 15) is 0 Å². The number of rotatable bonds is 4. The summed E-state index contributed by atoms with van der Waals surface area (Å²) >= 11 is 0. The summed E-state index contributed by atoms with van der Waals surface area (Å²) in [4.78, 5) is 0. The van der Waals surface area contributed by atoms with Crippen LogP contribution in [-0.2, 0) is 0 Å². The SMILES string of the molecule is [2H]c1c([2H])c([2H])c(-c2cccc(-c3c4ccccc4c(-c4cc5oc6ccccc6c5cc4-c4ccccc4)c4ccccc34)c2)c([2H])c1[2H]. The second-order valence-electron chi connectivity index (χ2n) is 11.3. The zero-order valence-electron chi connectivity index (χ0n) is 29.2. The van der Waals surface area contributed by atoms with Gasteiger partial charge in [-0.2, -0.15) is 0 Å². The van der Waals surface area contributed by atoms with E-state index in [1.165, 1.54) is 0 Å². The predicted octanol–water partition coefficient (Wildman–Crippen LogP) is 12.6. The van der Waals surface area contributed by atoms with Gasteiger partial charge in [0.1, 0.15) is 11.2 Å². The molecule has 0 radical (unpaired) electrons. The molecule has 0 aliphatic carbocycles. The quantitative estimate of drug-likeness (QED) is 0.190. The van der Waals surface area contributed by atoms with E-state index in [1.807, 2.05) is 60.7 Å². The minimum Gasteiger partial charge on any atom is -0.456 e. The molecule has 0 saturated heterocycles. The third kappa shape index (κ3) is 4.17. The van der Waals surface area contributed by atoms with Crippen LogP contribution in [0.5, 0.6) is 0 Å². The summed E-state index contributed by atoms with van der Waals surface area (Å²) in [6, 6.07) is 46.0. The fourth-order valence-corrected chi connectivity index (χ4v) is 6.79. The summed E-state index contributed by atoms with van der Waals surface area (Å²) in [5.74, 6) is 0. The first kappa shape index (κ1) is 20.9. The van der Waals surface area contributed by atoms with Gasteiger partial charge in [0.05, 0.1) is 6.85 Å². The van der Waals surface area contributed by atoms with Gasteiger partial charge in [-0.3, -0.25) is 0 Å². The zero-order chi connectivity index (χ0) is 34.1. The highest BCUT2D eigenvalue weighted by atomic mass is 16.3. The van der Waals surface area contributed by atoms with Gasteiger partial charge in [0.15, 0.2) is 0 Å². The van der Waals surface area contributed by atoms with Gasteiger partial charge in [0, 0.05) is 10.8 Å². The Bertz CT molecular complexity index is 2730. The predicted molar refractivity (Wildman–Crippen MR) is 190 cm³/mol. The van der Waals surface area contributed by atoms with Crippen molar-refractivity contribution in [2.75, 3.05) is 0 Å². The smallest absolute Gasteiger partial charge is 0.136 e. The minimum atomic E-state index is -0.400. The minimum absolute atomic E-state index is 0.190. The molecule has 8 aromatic carbocycles. The molecule has 1 heterocycles. The zero-order valence-corrected chi connectivity index (χ0v) is 24.2. The van der Waals surface area contributed by atoms with Gasteiger partial charge < -0.3 is 4.42 Å². The molecule has 9 aromatic rings. The van der Waals surface area contributed by atoms with Crippen molar-refractivity contribution < 1.29 is 11.3 Å². The molecule has 0 N–H and O–H groups in total. The molecule has 0 aliphatic heterocycles. The first-order valence-corrected chi connectivity index (χ1v) is 15.0. The number of fused-ring (bicyclic) bond motifs is 5. The molecule has 1 aromatic heterocycles. The summed E-state index contributed by atoms with van der Waals surface area (Å²) in [6.45, 7) is 0. The number of benzene rings is 8. The lowest BCUT2D eigenvalue weighted by Crippen LogP contribution is -1.93. The summed E-state index contributed by atoms with van der Waals surface area (Å²) in [6.07, 6.45) is 0. The molecule has 1 nitrogen and oxygen atoms in total. The van der Waals surface area contributed by atoms with Crippen LogP contribution >= 0.6 is 0 Å². The molecule has 0 spiro atoms. The maximum Gasteiger partial charge on any atom is 0.136 e. The Balaban J connectivity index is 1.37. The van der Waals surface area contributed by atoms with E-state index < -0.39 is 6.04 Å². The summed E-state index contributed by atoms with van der Waals surface area (Å²) in [5.41, 5.74) is 8.72. The Morgan fingerprint density at radius 1 is 0.356 bits per heavy atom. The van der Waals surface area contributed by atoms with Gasteiger partial charge in [-0.05, 0) is 90.3 Å². The lowest BCUT2D eigenvalue weighted by molar-refractivity contribution is 0.669. The van der Waals surface area contributed by atoms with E-state index in [0.29, 0.717) is 5.56 Å². The van der Waals surface area contributed by atoms with Crippen LogP contribution in [0.3, 0.4) is 0 Å². The molecular formula is C44H28O.